The van der Waals surface area contributed by atoms with E-state index in [-0.39, 0.29) is 11.9 Å². The summed E-state index contributed by atoms with van der Waals surface area (Å²) < 4.78 is 6.36. The van der Waals surface area contributed by atoms with Gasteiger partial charge in [-0.05, 0) is 25.3 Å². The van der Waals surface area contributed by atoms with Gasteiger partial charge in [0.2, 0.25) is 5.91 Å². The lowest BCUT2D eigenvalue weighted by atomic mass is 10.1. The van der Waals surface area contributed by atoms with Gasteiger partial charge in [-0.3, -0.25) is 4.79 Å². The molecule has 0 bridgehead atoms. The predicted molar refractivity (Wildman–Crippen MR) is 121 cm³/mol. The SMILES string of the molecule is C[C@@H](CCc1ccccc1)NC(=O)CSc1ncnc2nc(N3CCOCC3)sc12. The molecule has 1 atom stereocenters. The lowest BCUT2D eigenvalue weighted by Gasteiger charge is -2.25. The standard InChI is InChI=1S/C21H25N5O2S2/c1-15(7-8-16-5-3-2-4-6-16)24-17(27)13-29-20-18-19(22-14-23-20)25-21(30-18)26-9-11-28-12-10-26/h2-6,14-15H,7-13H2,1H3,(H,24,27)/t15-/m0/s1. The number of ether oxygens (including phenoxy) is 1. The van der Waals surface area contributed by atoms with E-state index >= 15 is 0 Å². The Morgan fingerprint density at radius 2 is 2.07 bits per heavy atom. The number of thioether (sulfide) groups is 1. The monoisotopic (exact) mass is 443 g/mol. The Bertz CT molecular complexity index is 976. The maximum absolute atomic E-state index is 12.4. The molecule has 1 aliphatic rings. The fourth-order valence-corrected chi connectivity index (χ4v) is 5.22. The summed E-state index contributed by atoms with van der Waals surface area (Å²) in [4.78, 5) is 28.0. The summed E-state index contributed by atoms with van der Waals surface area (Å²) in [6.45, 7) is 5.14. The normalized spacial score (nSPS) is 15.3. The van der Waals surface area contributed by atoms with E-state index in [1.165, 1.54) is 23.7 Å². The molecular weight excluding hydrogens is 418 g/mol. The molecule has 1 aliphatic heterocycles. The van der Waals surface area contributed by atoms with Crippen LogP contribution in [0.3, 0.4) is 0 Å². The van der Waals surface area contributed by atoms with Crippen LogP contribution in [0.4, 0.5) is 5.13 Å². The zero-order chi connectivity index (χ0) is 20.8. The van der Waals surface area contributed by atoms with Crippen LogP contribution in [0, 0.1) is 0 Å². The van der Waals surface area contributed by atoms with Crippen molar-refractivity contribution in [1.29, 1.82) is 0 Å². The number of hydrogen-bond acceptors (Lipinski definition) is 8. The number of fused-ring (bicyclic) bond motifs is 1. The van der Waals surface area contributed by atoms with E-state index in [4.69, 9.17) is 4.74 Å². The van der Waals surface area contributed by atoms with E-state index in [0.29, 0.717) is 24.6 Å². The highest BCUT2D eigenvalue weighted by molar-refractivity contribution is 8.00. The number of rotatable bonds is 8. The van der Waals surface area contributed by atoms with E-state index in [0.717, 1.165) is 40.8 Å². The quantitative estimate of drug-likeness (QED) is 0.423. The third kappa shape index (κ3) is 5.47. The van der Waals surface area contributed by atoms with E-state index in [1.54, 1.807) is 11.3 Å². The summed E-state index contributed by atoms with van der Waals surface area (Å²) in [6, 6.07) is 10.5. The summed E-state index contributed by atoms with van der Waals surface area (Å²) in [5, 5.41) is 4.84. The summed E-state index contributed by atoms with van der Waals surface area (Å²) in [6.07, 6.45) is 3.39. The van der Waals surface area contributed by atoms with E-state index in [2.05, 4.69) is 37.3 Å². The van der Waals surface area contributed by atoms with Crippen molar-refractivity contribution < 1.29 is 9.53 Å². The van der Waals surface area contributed by atoms with Crippen molar-refractivity contribution in [2.45, 2.75) is 30.8 Å². The third-order valence-electron chi connectivity index (χ3n) is 4.89. The number of morpholine rings is 1. The number of thiazole rings is 1. The Balaban J connectivity index is 1.31. The Kier molecular flexibility index (Phi) is 7.14. The minimum atomic E-state index is 0.0187. The molecule has 3 heterocycles. The van der Waals surface area contributed by atoms with Gasteiger partial charge in [-0.1, -0.05) is 53.4 Å². The second-order valence-electron chi connectivity index (χ2n) is 7.21. The number of nitrogens with one attached hydrogen (secondary N) is 1. The lowest BCUT2D eigenvalue weighted by Crippen LogP contribution is -2.36. The largest absolute Gasteiger partial charge is 0.378 e. The number of carbonyl (C=O) groups excluding carboxylic acids is 1. The van der Waals surface area contributed by atoms with Crippen molar-refractivity contribution in [1.82, 2.24) is 20.3 Å². The molecule has 0 unspecified atom stereocenters. The number of nitrogens with zero attached hydrogens (tertiary/aromatic N) is 4. The summed E-state index contributed by atoms with van der Waals surface area (Å²) >= 11 is 3.02. The molecule has 0 radical (unpaired) electrons. The summed E-state index contributed by atoms with van der Waals surface area (Å²) in [5.74, 6) is 0.345. The van der Waals surface area contributed by atoms with Gasteiger partial charge < -0.3 is 15.0 Å². The van der Waals surface area contributed by atoms with Gasteiger partial charge >= 0.3 is 0 Å². The van der Waals surface area contributed by atoms with Crippen LogP contribution in [0.25, 0.3) is 10.3 Å². The van der Waals surface area contributed by atoms with Crippen molar-refractivity contribution in [2.24, 2.45) is 0 Å². The average Bonchev–Trinajstić information content (AvgIpc) is 3.23. The molecule has 30 heavy (non-hydrogen) atoms. The van der Waals surface area contributed by atoms with Crippen molar-refractivity contribution in [2.75, 3.05) is 37.0 Å². The van der Waals surface area contributed by atoms with Gasteiger partial charge in [-0.2, -0.15) is 4.98 Å². The Labute approximate surface area is 184 Å². The Hall–Kier alpha value is -2.23. The fraction of sp³-hybridized carbons (Fsp3) is 0.429. The van der Waals surface area contributed by atoms with E-state index in [1.807, 2.05) is 25.1 Å². The molecule has 7 nitrogen and oxygen atoms in total. The van der Waals surface area contributed by atoms with Crippen LogP contribution in [0.1, 0.15) is 18.9 Å². The van der Waals surface area contributed by atoms with Crippen molar-refractivity contribution in [3.05, 3.63) is 42.2 Å². The van der Waals surface area contributed by atoms with Crippen LogP contribution >= 0.6 is 23.1 Å². The Morgan fingerprint density at radius 3 is 2.87 bits per heavy atom. The minimum absolute atomic E-state index is 0.0187. The molecule has 0 spiro atoms. The Morgan fingerprint density at radius 1 is 1.27 bits per heavy atom. The molecular formula is C21H25N5O2S2. The molecule has 3 aromatic rings. The van der Waals surface area contributed by atoms with Gasteiger partial charge in [-0.25, -0.2) is 9.97 Å². The number of aromatic nitrogens is 3. The number of carbonyl (C=O) groups is 1. The lowest BCUT2D eigenvalue weighted by molar-refractivity contribution is -0.119. The molecule has 1 saturated heterocycles. The molecule has 1 amide bonds. The second-order valence-corrected chi connectivity index (χ2v) is 9.15. The van der Waals surface area contributed by atoms with Crippen LogP contribution in [0.15, 0.2) is 41.7 Å². The first-order chi connectivity index (χ1) is 14.7. The minimum Gasteiger partial charge on any atom is -0.378 e. The van der Waals surface area contributed by atoms with Gasteiger partial charge in [-0.15, -0.1) is 0 Å². The second kappa shape index (κ2) is 10.2. The van der Waals surface area contributed by atoms with Crippen molar-refractivity contribution >= 4 is 44.5 Å². The van der Waals surface area contributed by atoms with Gasteiger partial charge in [0.1, 0.15) is 16.1 Å². The summed E-state index contributed by atoms with van der Waals surface area (Å²) in [7, 11) is 0. The number of hydrogen-bond donors (Lipinski definition) is 1. The molecule has 1 aromatic carbocycles. The van der Waals surface area contributed by atoms with Crippen LogP contribution in [0.5, 0.6) is 0 Å². The average molecular weight is 444 g/mol. The van der Waals surface area contributed by atoms with E-state index < -0.39 is 0 Å². The number of anilines is 1. The third-order valence-corrected chi connectivity index (χ3v) is 7.12. The number of benzene rings is 1. The molecule has 0 saturated carbocycles. The topological polar surface area (TPSA) is 80.2 Å². The zero-order valence-electron chi connectivity index (χ0n) is 16.9. The highest BCUT2D eigenvalue weighted by Crippen LogP contribution is 2.33. The highest BCUT2D eigenvalue weighted by Gasteiger charge is 2.18. The molecule has 0 aliphatic carbocycles. The maximum atomic E-state index is 12.4. The smallest absolute Gasteiger partial charge is 0.230 e. The van der Waals surface area contributed by atoms with Crippen molar-refractivity contribution in [3.63, 3.8) is 0 Å². The van der Waals surface area contributed by atoms with Crippen molar-refractivity contribution in [3.8, 4) is 0 Å². The molecule has 9 heteroatoms. The zero-order valence-corrected chi connectivity index (χ0v) is 18.5. The maximum Gasteiger partial charge on any atom is 0.230 e. The first-order valence-corrected chi connectivity index (χ1v) is 11.9. The van der Waals surface area contributed by atoms with Gasteiger partial charge in [0.05, 0.1) is 19.0 Å². The molecule has 2 aromatic heterocycles. The number of aryl methyl sites for hydroxylation is 1. The first-order valence-electron chi connectivity index (χ1n) is 10.1. The summed E-state index contributed by atoms with van der Waals surface area (Å²) in [5.41, 5.74) is 1.98. The molecule has 1 N–H and O–H groups in total. The van der Waals surface area contributed by atoms with E-state index in [9.17, 15) is 4.79 Å². The van der Waals surface area contributed by atoms with Gasteiger partial charge in [0.15, 0.2) is 10.8 Å². The fourth-order valence-electron chi connectivity index (χ4n) is 3.27. The van der Waals surface area contributed by atoms with Crippen LogP contribution in [-0.4, -0.2) is 59.0 Å². The van der Waals surface area contributed by atoms with Crippen LogP contribution < -0.4 is 10.2 Å². The highest BCUT2D eigenvalue weighted by atomic mass is 32.2. The molecule has 1 fully saturated rings. The first kappa shape index (κ1) is 21.0. The van der Waals surface area contributed by atoms with Crippen LogP contribution in [0.2, 0.25) is 0 Å². The van der Waals surface area contributed by atoms with Gasteiger partial charge in [0.25, 0.3) is 0 Å². The molecule has 4 rings (SSSR count). The predicted octanol–water partition coefficient (Wildman–Crippen LogP) is 3.15. The van der Waals surface area contributed by atoms with Gasteiger partial charge in [0, 0.05) is 19.1 Å². The molecule has 158 valence electrons. The number of amides is 1. The van der Waals surface area contributed by atoms with Crippen LogP contribution in [-0.2, 0) is 16.0 Å².